The Labute approximate surface area is 566 Å². The number of unbranched alkanes of at least 4 members (excludes halogenated alkanes) is 1. The molecule has 6 aliphatic rings. The Balaban J connectivity index is 0.722. The Kier molecular flexibility index (Phi) is 19.2. The Bertz CT molecular complexity index is 4410. The van der Waals surface area contributed by atoms with Crippen LogP contribution in [0.15, 0.2) is 109 Å². The number of aliphatic hydroxyl groups excluding tert-OH is 3. The summed E-state index contributed by atoms with van der Waals surface area (Å²) in [6, 6.07) is 26.7. The molecule has 4 aliphatic carbocycles. The van der Waals surface area contributed by atoms with Crippen LogP contribution in [-0.2, 0) is 63.1 Å². The summed E-state index contributed by atoms with van der Waals surface area (Å²) in [5.41, 5.74) is 3.08. The van der Waals surface area contributed by atoms with Crippen molar-refractivity contribution in [2.24, 2.45) is 16.2 Å². The van der Waals surface area contributed by atoms with Crippen molar-refractivity contribution >= 4 is 89.2 Å². The van der Waals surface area contributed by atoms with Gasteiger partial charge >= 0.3 is 18.0 Å². The molecule has 0 radical (unpaired) electrons. The highest BCUT2D eigenvalue weighted by molar-refractivity contribution is 7.85. The van der Waals surface area contributed by atoms with Crippen molar-refractivity contribution in [3.63, 3.8) is 0 Å². The number of thiazole rings is 1. The minimum atomic E-state index is -4.60. The Morgan fingerprint density at radius 2 is 1.57 bits per heavy atom. The number of carbonyl (C=O) groups is 7. The van der Waals surface area contributed by atoms with Crippen LogP contribution in [0.1, 0.15) is 103 Å². The summed E-state index contributed by atoms with van der Waals surface area (Å²) in [6.45, 7) is 5.36. The normalized spacial score (nSPS) is 24.9. The average Bonchev–Trinajstić information content (AvgIpc) is 0.771. The maximum atomic E-state index is 14.2. The summed E-state index contributed by atoms with van der Waals surface area (Å²) < 4.78 is 61.3. The van der Waals surface area contributed by atoms with Crippen LogP contribution in [0.25, 0.3) is 43.4 Å². The minimum Gasteiger partial charge on any atom is -0.479 e. The fourth-order valence-corrected chi connectivity index (χ4v) is 17.2. The predicted molar refractivity (Wildman–Crippen MR) is 354 cm³/mol. The molecular weight excluding hydrogens is 1310 g/mol. The number of rotatable bonds is 26. The molecule has 3 aromatic heterocycles. The van der Waals surface area contributed by atoms with E-state index in [1.165, 1.54) is 23.5 Å². The third-order valence-electron chi connectivity index (χ3n) is 19.2. The van der Waals surface area contributed by atoms with Gasteiger partial charge in [-0.3, -0.25) is 38.6 Å². The van der Waals surface area contributed by atoms with Crippen molar-refractivity contribution in [1.82, 2.24) is 34.9 Å². The van der Waals surface area contributed by atoms with Crippen LogP contribution < -0.4 is 15.4 Å². The number of nitrogens with zero attached hydrogens (tertiary/aromatic N) is 6. The molecule has 3 unspecified atom stereocenters. The van der Waals surface area contributed by atoms with Crippen LogP contribution in [0.4, 0.5) is 9.93 Å². The number of aliphatic carboxylic acids is 1. The summed E-state index contributed by atoms with van der Waals surface area (Å²) in [5.74, 6) is -5.90. The van der Waals surface area contributed by atoms with E-state index in [1.54, 1.807) is 36.5 Å². The number of anilines is 1. The number of para-hydroxylation sites is 1. The van der Waals surface area contributed by atoms with Gasteiger partial charge in [-0.2, -0.15) is 13.5 Å². The van der Waals surface area contributed by atoms with Crippen LogP contribution in [0.3, 0.4) is 0 Å². The van der Waals surface area contributed by atoms with Gasteiger partial charge in [0.15, 0.2) is 16.9 Å². The zero-order chi connectivity index (χ0) is 69.6. The molecular formula is C69H74N8O19S2. The quantitative estimate of drug-likeness (QED) is 0.0155. The van der Waals surface area contributed by atoms with E-state index in [1.807, 2.05) is 60.1 Å². The van der Waals surface area contributed by atoms with E-state index in [4.69, 9.17) is 29.0 Å². The monoisotopic (exact) mass is 1380 g/mol. The lowest BCUT2D eigenvalue weighted by Crippen LogP contribution is -2.64. The number of carboxylic acid groups (broad SMARTS) is 2. The fourth-order valence-electron chi connectivity index (χ4n) is 15.9. The van der Waals surface area contributed by atoms with Crippen molar-refractivity contribution < 1.29 is 91.0 Å². The number of hydrogen-bond donors (Lipinski definition) is 8. The maximum absolute atomic E-state index is 14.2. The lowest BCUT2D eigenvalue weighted by molar-refractivity contribution is -0.271. The predicted octanol–water partition coefficient (Wildman–Crippen LogP) is 6.93. The molecule has 27 nitrogen and oxygen atoms in total. The van der Waals surface area contributed by atoms with Crippen molar-refractivity contribution in [1.29, 1.82) is 0 Å². The number of imide groups is 1. The number of benzene rings is 4. The summed E-state index contributed by atoms with van der Waals surface area (Å²) >= 11 is 1.37. The van der Waals surface area contributed by atoms with Gasteiger partial charge in [0.1, 0.15) is 37.2 Å². The first-order valence-electron chi connectivity index (χ1n) is 32.1. The summed E-state index contributed by atoms with van der Waals surface area (Å²) in [5, 5.41) is 64.8. The first-order valence-corrected chi connectivity index (χ1v) is 34.5. The molecule has 1 saturated heterocycles. The number of nitrogens with one attached hydrogen (secondary N) is 2. The molecule has 2 aliphatic heterocycles. The number of aromatic carboxylic acids is 1. The molecule has 516 valence electrons. The zero-order valence-electron chi connectivity index (χ0n) is 53.8. The lowest BCUT2D eigenvalue weighted by Gasteiger charge is -2.69. The van der Waals surface area contributed by atoms with Gasteiger partial charge in [0.2, 0.25) is 12.2 Å². The van der Waals surface area contributed by atoms with E-state index >= 15 is 0 Å². The largest absolute Gasteiger partial charge is 0.479 e. The number of aryl methyl sites for hydroxylation is 1. The van der Waals surface area contributed by atoms with E-state index in [0.717, 1.165) is 62.5 Å². The van der Waals surface area contributed by atoms with E-state index in [9.17, 15) is 72.1 Å². The number of aromatic nitrogens is 4. The Morgan fingerprint density at radius 1 is 0.816 bits per heavy atom. The SMILES string of the molecule is Cc1c(-c2ccc(-c3ccc4cccc(C(=O)Nc5nc6ccccc6s5)c4c3)nc2C(=O)O)cnn1CC12CC3(C)CC(C)(C1)CC(OCCN(CCS(=O)(=O)O)C(=O)OCc1ccc(CCCCNC(=O)CN4C(=O)C=CC4=O)cc1O[C@@H]1O[C@H](C(=O)O)[C@@H](O)C(O)[C@H]1O)(C3)C2. The van der Waals surface area contributed by atoms with Gasteiger partial charge in [-0.1, -0.05) is 73.7 Å². The van der Waals surface area contributed by atoms with Crippen LogP contribution in [0.5, 0.6) is 5.75 Å². The molecule has 5 fully saturated rings. The average molecular weight is 1380 g/mol. The third kappa shape index (κ3) is 14.8. The second-order valence-corrected chi connectivity index (χ2v) is 29.7. The number of carbonyl (C=O) groups excluding carboxylic acids is 5. The number of pyridine rings is 1. The number of ether oxygens (including phenoxy) is 4. The molecule has 98 heavy (non-hydrogen) atoms. The van der Waals surface area contributed by atoms with Gasteiger partial charge in [0.25, 0.3) is 27.8 Å². The molecule has 5 heterocycles. The number of aliphatic hydroxyl groups is 3. The molecule has 7 aromatic rings. The van der Waals surface area contributed by atoms with Gasteiger partial charge in [-0.15, -0.1) is 0 Å². The number of hydrogen-bond acceptors (Lipinski definition) is 20. The highest BCUT2D eigenvalue weighted by Crippen LogP contribution is 2.72. The third-order valence-corrected chi connectivity index (χ3v) is 20.8. The smallest absolute Gasteiger partial charge is 0.410 e. The number of carboxylic acids is 2. The summed E-state index contributed by atoms with van der Waals surface area (Å²) in [7, 11) is -4.60. The minimum absolute atomic E-state index is 0.0622. The van der Waals surface area contributed by atoms with Crippen molar-refractivity contribution in [2.75, 3.05) is 43.9 Å². The standard InChI is InChI=1S/C69H74N8O19S2/c1-39-47(44-18-19-48(72-55(44)61(85)86)42-17-16-41-10-8-11-45(46(41)28-42)60(84)74-64-73-49-12-4-5-13-51(49)97-64)29-71-77(39)38-68-33-66(2)32-67(3,34-68)36-69(35-66,37-68)94-25-23-75(24-26-98(90,91)92)65(89)93-31-43-15-14-40(9-6-7-22-70-52(78)30-76-53(79)20-21-54(76)80)27-50(43)95-63-58(83)56(81)57(82)59(96-63)62(87)88/h4-5,8,10-21,27-29,56-59,63,81-83H,6-7,9,22-26,30-38H2,1-3H3,(H,70,78)(H,85,86)(H,87,88)(H,73,74,84)(H,90,91,92)/t56?,57-,58+,59-,63+,66?,67?,68?,69?/m0/s1. The topological polar surface area (TPSA) is 386 Å². The second-order valence-electron chi connectivity index (χ2n) is 27.1. The molecule has 7 atom stereocenters. The second kappa shape index (κ2) is 27.3. The van der Waals surface area contributed by atoms with Gasteiger partial charge in [0, 0.05) is 71.8 Å². The zero-order valence-corrected chi connectivity index (χ0v) is 55.4. The first-order chi connectivity index (χ1) is 46.6. The van der Waals surface area contributed by atoms with Gasteiger partial charge < -0.3 is 54.7 Å². The highest BCUT2D eigenvalue weighted by atomic mass is 32.2. The summed E-state index contributed by atoms with van der Waals surface area (Å²) in [6.07, 6.45) is -1.11. The maximum Gasteiger partial charge on any atom is 0.410 e. The van der Waals surface area contributed by atoms with E-state index in [2.05, 4.69) is 29.5 Å². The van der Waals surface area contributed by atoms with Crippen LogP contribution in [-0.4, -0.2) is 185 Å². The van der Waals surface area contributed by atoms with E-state index in [-0.39, 0.29) is 58.9 Å². The van der Waals surface area contributed by atoms with Crippen LogP contribution >= 0.6 is 11.3 Å². The number of amides is 5. The Hall–Kier alpha value is -9.07. The molecule has 4 bridgehead atoms. The summed E-state index contributed by atoms with van der Waals surface area (Å²) in [4.78, 5) is 101. The van der Waals surface area contributed by atoms with E-state index < -0.39 is 108 Å². The fraction of sp³-hybridized carbons (Fsp3) is 0.420. The molecule has 29 heteroatoms. The highest BCUT2D eigenvalue weighted by Gasteiger charge is 2.66. The van der Waals surface area contributed by atoms with Gasteiger partial charge in [-0.05, 0) is 140 Å². The molecule has 4 saturated carbocycles. The number of fused-ring (bicyclic) bond motifs is 2. The van der Waals surface area contributed by atoms with Crippen LogP contribution in [0, 0.1) is 23.2 Å². The van der Waals surface area contributed by atoms with Crippen molar-refractivity contribution in [3.05, 3.63) is 137 Å². The molecule has 8 N–H and O–H groups in total. The van der Waals surface area contributed by atoms with E-state index in [0.29, 0.717) is 89.1 Å². The molecule has 13 rings (SSSR count). The van der Waals surface area contributed by atoms with Crippen molar-refractivity contribution in [3.8, 4) is 28.1 Å². The lowest BCUT2D eigenvalue weighted by atomic mass is 9.39. The molecule has 5 amide bonds. The molecule has 4 aromatic carbocycles. The van der Waals surface area contributed by atoms with Gasteiger partial charge in [-0.25, -0.2) is 24.4 Å². The van der Waals surface area contributed by atoms with Gasteiger partial charge in [0.05, 0.1) is 40.1 Å². The first kappa shape index (κ1) is 68.9. The van der Waals surface area contributed by atoms with Crippen LogP contribution in [0.2, 0.25) is 0 Å². The molecule has 0 spiro atoms. The Morgan fingerprint density at radius 3 is 2.30 bits per heavy atom. The van der Waals surface area contributed by atoms with Crippen molar-refractivity contribution in [2.45, 2.75) is 128 Å².